The third kappa shape index (κ3) is 2.64. The van der Waals surface area contributed by atoms with Crippen molar-refractivity contribution in [3.8, 4) is 5.75 Å². The van der Waals surface area contributed by atoms with E-state index in [-0.39, 0.29) is 24.1 Å². The smallest absolute Gasteiger partial charge is 0.224 e. The Morgan fingerprint density at radius 3 is 2.80 bits per heavy atom. The Hall–Kier alpha value is -2.36. The summed E-state index contributed by atoms with van der Waals surface area (Å²) in [7, 11) is 0. The van der Waals surface area contributed by atoms with Crippen LogP contribution >= 0.6 is 0 Å². The van der Waals surface area contributed by atoms with Crippen LogP contribution in [0.15, 0.2) is 48.7 Å². The first-order chi connectivity index (χ1) is 9.75. The van der Waals surface area contributed by atoms with Crippen LogP contribution in [-0.4, -0.2) is 16.0 Å². The Balaban J connectivity index is 1.56. The maximum Gasteiger partial charge on any atom is 0.224 e. The van der Waals surface area contributed by atoms with Gasteiger partial charge in [0.25, 0.3) is 0 Å². The molecule has 0 bridgehead atoms. The van der Waals surface area contributed by atoms with E-state index < -0.39 is 0 Å². The summed E-state index contributed by atoms with van der Waals surface area (Å²) in [4.78, 5) is 16.1. The summed E-state index contributed by atoms with van der Waals surface area (Å²) in [5.74, 6) is 0.517. The monoisotopic (exact) mass is 268 g/mol. The lowest BCUT2D eigenvalue weighted by molar-refractivity contribution is -0.122. The highest BCUT2D eigenvalue weighted by Gasteiger charge is 2.43. The van der Waals surface area contributed by atoms with E-state index in [1.54, 1.807) is 18.3 Å². The van der Waals surface area contributed by atoms with Gasteiger partial charge in [-0.05, 0) is 30.0 Å². The number of carbonyl (C=O) groups is 1. The van der Waals surface area contributed by atoms with Crippen LogP contribution in [-0.2, 0) is 11.3 Å². The summed E-state index contributed by atoms with van der Waals surface area (Å²) in [5, 5.41) is 12.4. The van der Waals surface area contributed by atoms with E-state index >= 15 is 0 Å². The van der Waals surface area contributed by atoms with Crippen LogP contribution in [0.25, 0.3) is 0 Å². The zero-order valence-electron chi connectivity index (χ0n) is 11.0. The summed E-state index contributed by atoms with van der Waals surface area (Å²) < 4.78 is 0. The van der Waals surface area contributed by atoms with Crippen molar-refractivity contribution in [2.45, 2.75) is 18.9 Å². The molecule has 0 aliphatic heterocycles. The molecule has 1 aliphatic carbocycles. The maximum atomic E-state index is 12.1. The van der Waals surface area contributed by atoms with E-state index in [2.05, 4.69) is 22.4 Å². The molecule has 0 spiro atoms. The minimum atomic E-state index is 0.0314. The number of nitrogens with zero attached hydrogens (tertiary/aromatic N) is 1. The third-order valence-corrected chi connectivity index (χ3v) is 3.65. The van der Waals surface area contributed by atoms with E-state index in [1.807, 2.05) is 18.2 Å². The normalized spacial score (nSPS) is 20.4. The number of nitrogens with one attached hydrogen (secondary N) is 1. The number of aromatic nitrogens is 1. The number of rotatable bonds is 4. The quantitative estimate of drug-likeness (QED) is 0.893. The fourth-order valence-corrected chi connectivity index (χ4v) is 2.42. The van der Waals surface area contributed by atoms with Gasteiger partial charge in [-0.1, -0.05) is 30.3 Å². The molecule has 1 saturated carbocycles. The molecule has 1 heterocycles. The average molecular weight is 268 g/mol. The number of carbonyl (C=O) groups excluding carboxylic acids is 1. The van der Waals surface area contributed by atoms with Crippen molar-refractivity contribution in [1.29, 1.82) is 0 Å². The third-order valence-electron chi connectivity index (χ3n) is 3.65. The standard InChI is InChI=1S/C16H16N2O2/c19-15-7-4-8-17-14(15)10-18-16(20)13-9-12(13)11-5-2-1-3-6-11/h1-8,12-13,19H,9-10H2,(H,18,20)/t12-,13+/m1/s1. The van der Waals surface area contributed by atoms with E-state index in [9.17, 15) is 9.90 Å². The van der Waals surface area contributed by atoms with E-state index in [4.69, 9.17) is 0 Å². The van der Waals surface area contributed by atoms with Crippen molar-refractivity contribution in [3.63, 3.8) is 0 Å². The van der Waals surface area contributed by atoms with Crippen molar-refractivity contribution in [2.75, 3.05) is 0 Å². The number of hydrogen-bond acceptors (Lipinski definition) is 3. The first kappa shape index (κ1) is 12.7. The predicted octanol–water partition coefficient (Wildman–Crippen LogP) is 2.21. The zero-order chi connectivity index (χ0) is 13.9. The van der Waals surface area contributed by atoms with Crippen molar-refractivity contribution in [2.24, 2.45) is 5.92 Å². The molecule has 1 aromatic carbocycles. The lowest BCUT2D eigenvalue weighted by Gasteiger charge is -2.06. The molecular weight excluding hydrogens is 252 g/mol. The highest BCUT2D eigenvalue weighted by Crippen LogP contribution is 2.47. The lowest BCUT2D eigenvalue weighted by atomic mass is 10.1. The molecule has 4 nitrogen and oxygen atoms in total. The van der Waals surface area contributed by atoms with Crippen molar-refractivity contribution >= 4 is 5.91 Å². The summed E-state index contributed by atoms with van der Waals surface area (Å²) in [6, 6.07) is 13.3. The number of hydrogen-bond donors (Lipinski definition) is 2. The molecule has 4 heteroatoms. The maximum absolute atomic E-state index is 12.1. The van der Waals surface area contributed by atoms with Gasteiger partial charge in [0.15, 0.2) is 0 Å². The summed E-state index contributed by atoms with van der Waals surface area (Å²) in [6.45, 7) is 0.267. The minimum Gasteiger partial charge on any atom is -0.506 e. The Morgan fingerprint density at radius 1 is 1.25 bits per heavy atom. The first-order valence-electron chi connectivity index (χ1n) is 6.71. The number of pyridine rings is 1. The highest BCUT2D eigenvalue weighted by atomic mass is 16.3. The van der Waals surface area contributed by atoms with Gasteiger partial charge in [0.2, 0.25) is 5.91 Å². The summed E-state index contributed by atoms with van der Waals surface area (Å²) in [6.07, 6.45) is 2.50. The summed E-state index contributed by atoms with van der Waals surface area (Å²) >= 11 is 0. The molecule has 1 fully saturated rings. The second-order valence-corrected chi connectivity index (χ2v) is 5.05. The molecule has 0 unspecified atom stereocenters. The second kappa shape index (κ2) is 5.33. The molecule has 0 radical (unpaired) electrons. The average Bonchev–Trinajstić information content (AvgIpc) is 3.28. The largest absolute Gasteiger partial charge is 0.506 e. The Kier molecular flexibility index (Phi) is 3.37. The molecule has 0 saturated heterocycles. The van der Waals surface area contributed by atoms with Crippen LogP contribution in [0.2, 0.25) is 0 Å². The van der Waals surface area contributed by atoms with Gasteiger partial charge in [-0.2, -0.15) is 0 Å². The van der Waals surface area contributed by atoms with Crippen LogP contribution in [0, 0.1) is 5.92 Å². The number of aromatic hydroxyl groups is 1. The van der Waals surface area contributed by atoms with Crippen LogP contribution in [0.1, 0.15) is 23.6 Å². The molecule has 102 valence electrons. The number of amides is 1. The highest BCUT2D eigenvalue weighted by molar-refractivity contribution is 5.82. The van der Waals surface area contributed by atoms with Gasteiger partial charge in [0, 0.05) is 12.1 Å². The van der Waals surface area contributed by atoms with Crippen LogP contribution in [0.5, 0.6) is 5.75 Å². The van der Waals surface area contributed by atoms with Gasteiger partial charge in [0.05, 0.1) is 6.54 Å². The minimum absolute atomic E-state index is 0.0314. The molecule has 1 aromatic heterocycles. The van der Waals surface area contributed by atoms with Crippen molar-refractivity contribution < 1.29 is 9.90 Å². The van der Waals surface area contributed by atoms with E-state index in [0.29, 0.717) is 11.6 Å². The van der Waals surface area contributed by atoms with Gasteiger partial charge in [-0.15, -0.1) is 0 Å². The molecule has 1 aliphatic rings. The topological polar surface area (TPSA) is 62.2 Å². The second-order valence-electron chi connectivity index (χ2n) is 5.05. The molecular formula is C16H16N2O2. The van der Waals surface area contributed by atoms with Gasteiger partial charge in [-0.3, -0.25) is 9.78 Å². The van der Waals surface area contributed by atoms with Crippen LogP contribution < -0.4 is 5.32 Å². The Labute approximate surface area is 117 Å². The lowest BCUT2D eigenvalue weighted by Crippen LogP contribution is -2.25. The first-order valence-corrected chi connectivity index (χ1v) is 6.71. The fraction of sp³-hybridized carbons (Fsp3) is 0.250. The molecule has 20 heavy (non-hydrogen) atoms. The van der Waals surface area contributed by atoms with Gasteiger partial charge in [-0.25, -0.2) is 0 Å². The molecule has 2 N–H and O–H groups in total. The van der Waals surface area contributed by atoms with Gasteiger partial charge in [0.1, 0.15) is 11.4 Å². The number of benzene rings is 1. The van der Waals surface area contributed by atoms with Crippen LogP contribution in [0.3, 0.4) is 0 Å². The Morgan fingerprint density at radius 2 is 2.05 bits per heavy atom. The van der Waals surface area contributed by atoms with Crippen molar-refractivity contribution in [3.05, 3.63) is 59.9 Å². The zero-order valence-corrected chi connectivity index (χ0v) is 11.0. The fourth-order valence-electron chi connectivity index (χ4n) is 2.42. The Bertz CT molecular complexity index is 613. The van der Waals surface area contributed by atoms with Gasteiger partial charge < -0.3 is 10.4 Å². The SMILES string of the molecule is O=C(NCc1ncccc1O)[C@H]1C[C@@H]1c1ccccc1. The predicted molar refractivity (Wildman–Crippen MR) is 75.0 cm³/mol. The summed E-state index contributed by atoms with van der Waals surface area (Å²) in [5.41, 5.74) is 1.71. The van der Waals surface area contributed by atoms with E-state index in [0.717, 1.165) is 6.42 Å². The molecule has 2 aromatic rings. The van der Waals surface area contributed by atoms with E-state index in [1.165, 1.54) is 5.56 Å². The van der Waals surface area contributed by atoms with Gasteiger partial charge >= 0.3 is 0 Å². The van der Waals surface area contributed by atoms with Crippen LogP contribution in [0.4, 0.5) is 0 Å². The van der Waals surface area contributed by atoms with Crippen molar-refractivity contribution in [1.82, 2.24) is 10.3 Å². The molecule has 3 rings (SSSR count). The molecule has 2 atom stereocenters. The molecule has 1 amide bonds.